The zero-order valence-electron chi connectivity index (χ0n) is 4.59. The van der Waals surface area contributed by atoms with Gasteiger partial charge in [0, 0.05) is 5.75 Å². The molecule has 1 nitrogen and oxygen atoms in total. The van der Waals surface area contributed by atoms with Gasteiger partial charge in [-0.25, -0.2) is 4.39 Å². The van der Waals surface area contributed by atoms with Crippen LogP contribution < -0.4 is 0 Å². The highest BCUT2D eigenvalue weighted by Gasteiger charge is 2.20. The van der Waals surface area contributed by atoms with E-state index in [0.717, 1.165) is 10.8 Å². The summed E-state index contributed by atoms with van der Waals surface area (Å²) in [5.41, 5.74) is -1.47. The zero-order chi connectivity index (χ0) is 6.62. The molecule has 1 unspecified atom stereocenters. The molecule has 0 spiro atoms. The summed E-state index contributed by atoms with van der Waals surface area (Å²) in [7, 11) is 1.09. The van der Waals surface area contributed by atoms with Gasteiger partial charge < -0.3 is 5.11 Å². The van der Waals surface area contributed by atoms with Crippen LogP contribution in [0.1, 0.15) is 6.92 Å². The van der Waals surface area contributed by atoms with Crippen molar-refractivity contribution in [3.63, 3.8) is 0 Å². The molecule has 1 atom stereocenters. The van der Waals surface area contributed by atoms with Crippen molar-refractivity contribution >= 4 is 22.5 Å². The minimum Gasteiger partial charge on any atom is -0.393 e. The molecule has 0 amide bonds. The van der Waals surface area contributed by atoms with E-state index in [1.807, 2.05) is 0 Å². The quantitative estimate of drug-likeness (QED) is 0.474. The molecule has 0 radical (unpaired) electrons. The minimum absolute atomic E-state index is 0.229. The Hall–Kier alpha value is 0.590. The Bertz CT molecular complexity index is 67.1. The summed E-state index contributed by atoms with van der Waals surface area (Å²) in [6, 6.07) is 0. The highest BCUT2D eigenvalue weighted by molar-refractivity contribution is 8.68. The summed E-state index contributed by atoms with van der Waals surface area (Å²) in [5, 5.41) is 8.30. The van der Waals surface area contributed by atoms with E-state index in [1.165, 1.54) is 6.92 Å². The van der Waals surface area contributed by atoms with E-state index in [4.69, 9.17) is 5.11 Å². The van der Waals surface area contributed by atoms with Gasteiger partial charge in [0.25, 0.3) is 0 Å². The van der Waals surface area contributed by atoms with Crippen molar-refractivity contribution < 1.29 is 9.50 Å². The van der Waals surface area contributed by atoms with E-state index in [0.29, 0.717) is 0 Å². The fraction of sp³-hybridized carbons (Fsp3) is 1.00. The van der Waals surface area contributed by atoms with Crippen LogP contribution in [0.5, 0.6) is 0 Å². The van der Waals surface area contributed by atoms with Gasteiger partial charge in [0.2, 0.25) is 0 Å². The molecule has 0 aliphatic rings. The second-order valence-electron chi connectivity index (χ2n) is 1.84. The first kappa shape index (κ1) is 8.59. The van der Waals surface area contributed by atoms with Crippen LogP contribution in [0.2, 0.25) is 0 Å². The lowest BCUT2D eigenvalue weighted by atomic mass is 10.2. The van der Waals surface area contributed by atoms with Crippen LogP contribution in [-0.2, 0) is 0 Å². The van der Waals surface area contributed by atoms with E-state index < -0.39 is 12.3 Å². The maximum absolute atomic E-state index is 12.5. The number of rotatable bonds is 3. The van der Waals surface area contributed by atoms with Gasteiger partial charge in [-0.15, -0.1) is 11.7 Å². The molecule has 8 heavy (non-hydrogen) atoms. The third-order valence-electron chi connectivity index (χ3n) is 0.695. The summed E-state index contributed by atoms with van der Waals surface area (Å²) in [6.07, 6.45) is 0. The van der Waals surface area contributed by atoms with Gasteiger partial charge in [0.1, 0.15) is 5.67 Å². The van der Waals surface area contributed by atoms with E-state index in [1.54, 1.807) is 0 Å². The molecule has 0 aromatic carbocycles. The Morgan fingerprint density at radius 2 is 2.38 bits per heavy atom. The van der Waals surface area contributed by atoms with E-state index in [2.05, 4.69) is 11.7 Å². The van der Waals surface area contributed by atoms with Gasteiger partial charge >= 0.3 is 0 Å². The Kier molecular flexibility index (Phi) is 3.85. The molecule has 0 aliphatic heterocycles. The first-order valence-electron chi connectivity index (χ1n) is 2.18. The Morgan fingerprint density at radius 3 is 2.50 bits per heavy atom. The monoisotopic (exact) mass is 156 g/mol. The number of alkyl halides is 1. The molecule has 0 bridgehead atoms. The number of thiol groups is 1. The molecule has 0 saturated heterocycles. The third kappa shape index (κ3) is 3.57. The van der Waals surface area contributed by atoms with Crippen molar-refractivity contribution in [2.45, 2.75) is 12.6 Å². The maximum Gasteiger partial charge on any atom is 0.140 e. The fourth-order valence-corrected chi connectivity index (χ4v) is 1.35. The molecule has 0 heterocycles. The second kappa shape index (κ2) is 3.58. The average Bonchev–Trinajstić information content (AvgIpc) is 1.67. The lowest BCUT2D eigenvalue weighted by molar-refractivity contribution is 0.110. The SMILES string of the molecule is CC(F)(CO)CSS. The largest absolute Gasteiger partial charge is 0.393 e. The Morgan fingerprint density at radius 1 is 1.88 bits per heavy atom. The summed E-state index contributed by atoms with van der Waals surface area (Å²) in [5.74, 6) is 0.229. The van der Waals surface area contributed by atoms with Gasteiger partial charge in [-0.1, -0.05) is 10.8 Å². The average molecular weight is 156 g/mol. The van der Waals surface area contributed by atoms with Gasteiger partial charge in [0.05, 0.1) is 6.61 Å². The number of halogens is 1. The Balaban J connectivity index is 3.37. The van der Waals surface area contributed by atoms with Gasteiger partial charge in [-0.2, -0.15) is 0 Å². The van der Waals surface area contributed by atoms with Crippen molar-refractivity contribution in [3.05, 3.63) is 0 Å². The Labute approximate surface area is 57.5 Å². The molecule has 50 valence electrons. The second-order valence-corrected chi connectivity index (χ2v) is 3.17. The number of aliphatic hydroxyl groups is 1. The van der Waals surface area contributed by atoms with E-state index >= 15 is 0 Å². The summed E-state index contributed by atoms with van der Waals surface area (Å²) in [4.78, 5) is 0. The molecular weight excluding hydrogens is 147 g/mol. The topological polar surface area (TPSA) is 20.2 Å². The van der Waals surface area contributed by atoms with Gasteiger partial charge in [-0.05, 0) is 6.92 Å². The highest BCUT2D eigenvalue weighted by Crippen LogP contribution is 2.18. The third-order valence-corrected chi connectivity index (χ3v) is 1.81. The molecule has 0 aliphatic carbocycles. The van der Waals surface area contributed by atoms with Crippen LogP contribution in [0.3, 0.4) is 0 Å². The molecule has 0 fully saturated rings. The molecule has 4 heteroatoms. The predicted octanol–water partition coefficient (Wildman–Crippen LogP) is 1.28. The molecule has 0 aromatic rings. The summed E-state index contributed by atoms with van der Waals surface area (Å²) >= 11 is 3.73. The molecule has 0 saturated carbocycles. The summed E-state index contributed by atoms with van der Waals surface area (Å²) < 4.78 is 12.5. The lowest BCUT2D eigenvalue weighted by Gasteiger charge is -2.13. The van der Waals surface area contributed by atoms with Crippen molar-refractivity contribution in [2.24, 2.45) is 0 Å². The number of hydrogen-bond acceptors (Lipinski definition) is 3. The van der Waals surface area contributed by atoms with Crippen molar-refractivity contribution in [2.75, 3.05) is 12.4 Å². The number of aliphatic hydroxyl groups excluding tert-OH is 1. The van der Waals surface area contributed by atoms with Crippen molar-refractivity contribution in [3.8, 4) is 0 Å². The first-order chi connectivity index (χ1) is 3.62. The predicted molar refractivity (Wildman–Crippen MR) is 38.0 cm³/mol. The highest BCUT2D eigenvalue weighted by atomic mass is 33.1. The maximum atomic E-state index is 12.5. The van der Waals surface area contributed by atoms with E-state index in [-0.39, 0.29) is 5.75 Å². The van der Waals surface area contributed by atoms with Crippen molar-refractivity contribution in [1.82, 2.24) is 0 Å². The van der Waals surface area contributed by atoms with Crippen LogP contribution in [0.4, 0.5) is 4.39 Å². The van der Waals surface area contributed by atoms with Crippen LogP contribution in [-0.4, -0.2) is 23.1 Å². The zero-order valence-corrected chi connectivity index (χ0v) is 6.31. The number of hydrogen-bond donors (Lipinski definition) is 2. The fourth-order valence-electron chi connectivity index (χ4n) is 0.180. The molecule has 1 N–H and O–H groups in total. The van der Waals surface area contributed by atoms with Crippen LogP contribution in [0.25, 0.3) is 0 Å². The molecule has 0 rings (SSSR count). The van der Waals surface area contributed by atoms with Gasteiger partial charge in [-0.3, -0.25) is 0 Å². The summed E-state index contributed by atoms with van der Waals surface area (Å²) in [6.45, 7) is 0.913. The standard InChI is InChI=1S/C4H9FOS2/c1-4(5,2-6)3-8-7/h6-7H,2-3H2,1H3. The smallest absolute Gasteiger partial charge is 0.140 e. The van der Waals surface area contributed by atoms with Crippen LogP contribution >= 0.6 is 22.5 Å². The first-order valence-corrected chi connectivity index (χ1v) is 4.22. The van der Waals surface area contributed by atoms with Crippen LogP contribution in [0.15, 0.2) is 0 Å². The lowest BCUT2D eigenvalue weighted by Crippen LogP contribution is -2.25. The minimum atomic E-state index is -1.47. The molecule has 0 aromatic heterocycles. The van der Waals surface area contributed by atoms with Gasteiger partial charge in [0.15, 0.2) is 0 Å². The van der Waals surface area contributed by atoms with Crippen molar-refractivity contribution in [1.29, 1.82) is 0 Å². The van der Waals surface area contributed by atoms with Crippen LogP contribution in [0, 0.1) is 0 Å². The molecular formula is C4H9FOS2. The van der Waals surface area contributed by atoms with E-state index in [9.17, 15) is 4.39 Å². The normalized spacial score (nSPS) is 18.0.